The number of carboxylic acids is 1. The van der Waals surface area contributed by atoms with Crippen molar-refractivity contribution in [3.05, 3.63) is 35.6 Å². The second-order valence-electron chi connectivity index (χ2n) is 5.88. The van der Waals surface area contributed by atoms with Crippen molar-refractivity contribution in [3.8, 4) is 0 Å². The average Bonchev–Trinajstić information content (AvgIpc) is 2.86. The normalized spacial score (nSPS) is 22.8. The van der Waals surface area contributed by atoms with Crippen LogP contribution < -0.4 is 0 Å². The lowest BCUT2D eigenvalue weighted by atomic mass is 10.0. The third kappa shape index (κ3) is 2.94. The minimum atomic E-state index is -2.61. The van der Waals surface area contributed by atoms with Crippen molar-refractivity contribution in [2.24, 2.45) is 0 Å². The molecule has 3 rings (SSSR count). The highest BCUT2D eigenvalue weighted by Crippen LogP contribution is 2.30. The fourth-order valence-electron chi connectivity index (χ4n) is 2.90. The number of carbonyl (C=O) groups is 1. The van der Waals surface area contributed by atoms with Gasteiger partial charge in [0.1, 0.15) is 11.2 Å². The van der Waals surface area contributed by atoms with Crippen molar-refractivity contribution >= 4 is 16.9 Å². The largest absolute Gasteiger partial charge is 0.475 e. The number of alkyl halides is 2. The van der Waals surface area contributed by atoms with Crippen molar-refractivity contribution in [1.29, 1.82) is 0 Å². The first-order valence-electron chi connectivity index (χ1n) is 7.29. The molecule has 1 atom stereocenters. The summed E-state index contributed by atoms with van der Waals surface area (Å²) in [4.78, 5) is 13.2. The van der Waals surface area contributed by atoms with Crippen molar-refractivity contribution in [2.75, 3.05) is 19.7 Å². The minimum Gasteiger partial charge on any atom is -0.475 e. The molecule has 1 saturated heterocycles. The van der Waals surface area contributed by atoms with E-state index >= 15 is 0 Å². The number of fused-ring (bicyclic) bond motifs is 1. The number of ether oxygens (including phenoxy) is 1. The standard InChI is InChI=1S/C16H17F2NO4/c1-16(15(17)18)9-19(6-7-22-16)8-11-10-4-2-3-5-12(10)23-13(11)14(20)21/h2-5,15H,6-9H2,1H3,(H,20,21). The Morgan fingerprint density at radius 3 is 2.87 bits per heavy atom. The first-order chi connectivity index (χ1) is 10.9. The molecule has 0 amide bonds. The smallest absolute Gasteiger partial charge is 0.372 e. The number of rotatable bonds is 4. The number of halogens is 2. The molecule has 1 fully saturated rings. The van der Waals surface area contributed by atoms with Crippen molar-refractivity contribution < 1.29 is 27.8 Å². The second-order valence-corrected chi connectivity index (χ2v) is 5.88. The SMILES string of the molecule is CC1(C(F)F)CN(Cc2c(C(=O)O)oc3ccccc23)CCO1. The van der Waals surface area contributed by atoms with Gasteiger partial charge in [-0.1, -0.05) is 18.2 Å². The zero-order valence-corrected chi connectivity index (χ0v) is 12.6. The molecule has 0 bridgehead atoms. The van der Waals surface area contributed by atoms with Gasteiger partial charge < -0.3 is 14.3 Å². The van der Waals surface area contributed by atoms with E-state index in [1.54, 1.807) is 29.2 Å². The maximum atomic E-state index is 13.2. The second kappa shape index (κ2) is 5.90. The Morgan fingerprint density at radius 1 is 1.43 bits per heavy atom. The molecule has 1 unspecified atom stereocenters. The molecule has 124 valence electrons. The van der Waals surface area contributed by atoms with E-state index in [4.69, 9.17) is 9.15 Å². The first kappa shape index (κ1) is 15.9. The van der Waals surface area contributed by atoms with E-state index < -0.39 is 18.0 Å². The fraction of sp³-hybridized carbons (Fsp3) is 0.438. The third-order valence-corrected chi connectivity index (χ3v) is 4.11. The fourth-order valence-corrected chi connectivity index (χ4v) is 2.90. The summed E-state index contributed by atoms with van der Waals surface area (Å²) >= 11 is 0. The van der Waals surface area contributed by atoms with Crippen molar-refractivity contribution in [3.63, 3.8) is 0 Å². The van der Waals surface area contributed by atoms with Crippen LogP contribution in [-0.2, 0) is 11.3 Å². The van der Waals surface area contributed by atoms with Crippen LogP contribution >= 0.6 is 0 Å². The number of benzene rings is 1. The Kier molecular flexibility index (Phi) is 4.08. The third-order valence-electron chi connectivity index (χ3n) is 4.11. The summed E-state index contributed by atoms with van der Waals surface area (Å²) in [5, 5.41) is 10.0. The Labute approximate surface area is 131 Å². The van der Waals surface area contributed by atoms with Gasteiger partial charge in [0.25, 0.3) is 6.43 Å². The average molecular weight is 325 g/mol. The summed E-state index contributed by atoms with van der Waals surface area (Å²) in [6, 6.07) is 7.00. The van der Waals surface area contributed by atoms with E-state index in [9.17, 15) is 18.7 Å². The topological polar surface area (TPSA) is 62.9 Å². The predicted octanol–water partition coefficient (Wildman–Crippen LogP) is 2.99. The molecular weight excluding hydrogens is 308 g/mol. The Morgan fingerprint density at radius 2 is 2.17 bits per heavy atom. The summed E-state index contributed by atoms with van der Waals surface area (Å²) in [6.45, 7) is 2.27. The molecule has 1 N–H and O–H groups in total. The molecule has 1 aromatic heterocycles. The summed E-state index contributed by atoms with van der Waals surface area (Å²) in [6.07, 6.45) is -2.61. The first-order valence-corrected chi connectivity index (χ1v) is 7.29. The lowest BCUT2D eigenvalue weighted by Crippen LogP contribution is -2.53. The highest BCUT2D eigenvalue weighted by atomic mass is 19.3. The number of hydrogen-bond acceptors (Lipinski definition) is 4. The van der Waals surface area contributed by atoms with Crippen LogP contribution in [0.4, 0.5) is 8.78 Å². The van der Waals surface area contributed by atoms with Gasteiger partial charge in [-0.2, -0.15) is 0 Å². The number of morpholine rings is 1. The molecule has 0 saturated carbocycles. The summed E-state index contributed by atoms with van der Waals surface area (Å²) in [5.41, 5.74) is -0.558. The van der Waals surface area contributed by atoms with Crippen LogP contribution in [0.15, 0.2) is 28.7 Å². The van der Waals surface area contributed by atoms with Gasteiger partial charge in [0.05, 0.1) is 6.61 Å². The van der Waals surface area contributed by atoms with Crippen LogP contribution in [0.1, 0.15) is 23.0 Å². The molecule has 0 aliphatic carbocycles. The van der Waals surface area contributed by atoms with Gasteiger partial charge in [-0.05, 0) is 13.0 Å². The lowest BCUT2D eigenvalue weighted by molar-refractivity contribution is -0.171. The zero-order valence-electron chi connectivity index (χ0n) is 12.6. The monoisotopic (exact) mass is 325 g/mol. The minimum absolute atomic E-state index is 0.0310. The number of aromatic carboxylic acids is 1. The zero-order chi connectivity index (χ0) is 16.6. The van der Waals surface area contributed by atoms with E-state index in [0.717, 1.165) is 0 Å². The molecular formula is C16H17F2NO4. The summed E-state index contributed by atoms with van der Waals surface area (Å²) in [7, 11) is 0. The van der Waals surface area contributed by atoms with Gasteiger partial charge in [-0.25, -0.2) is 13.6 Å². The quantitative estimate of drug-likeness (QED) is 0.936. The molecule has 1 aliphatic rings. The van der Waals surface area contributed by atoms with E-state index in [-0.39, 0.29) is 25.5 Å². The Balaban J connectivity index is 1.92. The molecule has 7 heteroatoms. The molecule has 2 aromatic rings. The molecule has 1 aliphatic heterocycles. The number of carboxylic acid groups (broad SMARTS) is 1. The van der Waals surface area contributed by atoms with Crippen LogP contribution in [0.5, 0.6) is 0 Å². The number of hydrogen-bond donors (Lipinski definition) is 1. The molecule has 5 nitrogen and oxygen atoms in total. The molecule has 23 heavy (non-hydrogen) atoms. The molecule has 1 aromatic carbocycles. The van der Waals surface area contributed by atoms with E-state index in [0.29, 0.717) is 23.1 Å². The van der Waals surface area contributed by atoms with Gasteiger partial charge >= 0.3 is 5.97 Å². The van der Waals surface area contributed by atoms with Crippen molar-refractivity contribution in [1.82, 2.24) is 4.90 Å². The van der Waals surface area contributed by atoms with Gasteiger partial charge in [-0.3, -0.25) is 4.90 Å². The van der Waals surface area contributed by atoms with Crippen LogP contribution in [0.2, 0.25) is 0 Å². The Bertz CT molecular complexity index is 730. The number of furan rings is 1. The van der Waals surface area contributed by atoms with E-state index in [1.807, 2.05) is 0 Å². The molecule has 0 spiro atoms. The molecule has 0 radical (unpaired) electrons. The summed E-state index contributed by atoms with van der Waals surface area (Å²) in [5.74, 6) is -1.31. The maximum Gasteiger partial charge on any atom is 0.372 e. The molecule has 2 heterocycles. The van der Waals surface area contributed by atoms with Gasteiger partial charge in [0.15, 0.2) is 0 Å². The van der Waals surface area contributed by atoms with Gasteiger partial charge in [0, 0.05) is 30.6 Å². The van der Waals surface area contributed by atoms with Crippen molar-refractivity contribution in [2.45, 2.75) is 25.5 Å². The van der Waals surface area contributed by atoms with Gasteiger partial charge in [0.2, 0.25) is 5.76 Å². The predicted molar refractivity (Wildman–Crippen MR) is 78.8 cm³/mol. The van der Waals surface area contributed by atoms with E-state index in [2.05, 4.69) is 0 Å². The highest BCUT2D eigenvalue weighted by Gasteiger charge is 2.41. The highest BCUT2D eigenvalue weighted by molar-refractivity contribution is 5.95. The van der Waals surface area contributed by atoms with E-state index in [1.165, 1.54) is 6.92 Å². The summed E-state index contributed by atoms with van der Waals surface area (Å²) < 4.78 is 36.9. The van der Waals surface area contributed by atoms with Crippen LogP contribution in [-0.4, -0.2) is 47.7 Å². The van der Waals surface area contributed by atoms with Crippen LogP contribution in [0, 0.1) is 0 Å². The Hall–Kier alpha value is -1.99. The number of para-hydroxylation sites is 1. The number of nitrogens with zero attached hydrogens (tertiary/aromatic N) is 1. The lowest BCUT2D eigenvalue weighted by Gasteiger charge is -2.39. The maximum absolute atomic E-state index is 13.2. The van der Waals surface area contributed by atoms with Crippen LogP contribution in [0.25, 0.3) is 11.0 Å². The van der Waals surface area contributed by atoms with Crippen LogP contribution in [0.3, 0.4) is 0 Å². The van der Waals surface area contributed by atoms with Gasteiger partial charge in [-0.15, -0.1) is 0 Å².